The summed E-state index contributed by atoms with van der Waals surface area (Å²) in [5, 5.41) is 0.126. The Morgan fingerprint density at radius 1 is 2.00 bits per heavy atom. The van der Waals surface area contributed by atoms with Crippen LogP contribution in [0.25, 0.3) is 0 Å². The topological polar surface area (TPSA) is 20.2 Å². The molecule has 0 spiro atoms. The Labute approximate surface area is 58.1 Å². The summed E-state index contributed by atoms with van der Waals surface area (Å²) in [6.07, 6.45) is 0. The van der Waals surface area contributed by atoms with E-state index in [0.717, 1.165) is 0 Å². The average Bonchev–Trinajstić information content (AvgIpc) is 2.24. The maximum atomic E-state index is 9.35. The molecule has 1 N–H and O–H groups in total. The lowest BCUT2D eigenvalue weighted by Gasteiger charge is -1.85. The summed E-state index contributed by atoms with van der Waals surface area (Å²) >= 11 is 2.42. The van der Waals surface area contributed by atoms with Crippen molar-refractivity contribution in [2.75, 3.05) is 0 Å². The average molecular weight is 264 g/mol. The fourth-order valence-electron chi connectivity index (χ4n) is 0.628. The molecule has 40 valence electrons. The minimum atomic E-state index is -1.15. The van der Waals surface area contributed by atoms with Crippen molar-refractivity contribution in [1.82, 2.24) is 0 Å². The summed E-state index contributed by atoms with van der Waals surface area (Å²) < 4.78 is 0.503. The maximum absolute atomic E-state index is 9.35. The van der Waals surface area contributed by atoms with Gasteiger partial charge in [-0.15, -0.1) is 0 Å². The van der Waals surface area contributed by atoms with Crippen LogP contribution < -0.4 is 0 Å². The molecule has 0 bridgehead atoms. The summed E-state index contributed by atoms with van der Waals surface area (Å²) in [6.45, 7) is 1.06. The molecule has 2 aliphatic rings. The van der Waals surface area contributed by atoms with Gasteiger partial charge in [0.25, 0.3) is 0 Å². The van der Waals surface area contributed by atoms with Crippen LogP contribution in [-0.2, 0) is 0 Å². The molecule has 0 aromatic rings. The van der Waals surface area contributed by atoms with Gasteiger partial charge < -0.3 is 4.89 Å². The molecule has 0 aromatic heterocycles. The zero-order valence-corrected chi connectivity index (χ0v) is 8.51. The first-order valence-corrected chi connectivity index (χ1v) is 10.1. The van der Waals surface area contributed by atoms with E-state index in [1.165, 1.54) is 7.87 Å². The lowest BCUT2D eigenvalue weighted by Crippen LogP contribution is -1.67. The molecule has 1 saturated heterocycles. The molecule has 0 radical (unpaired) electrons. The number of fused-ring (bicyclic) bond motifs is 1. The van der Waals surface area contributed by atoms with Gasteiger partial charge in [0.15, 0.2) is 0 Å². The Morgan fingerprint density at radius 3 is 2.29 bits per heavy atom. The second kappa shape index (κ2) is 1.16. The Hall–Kier alpha value is 1.85. The van der Waals surface area contributed by atoms with Crippen LogP contribution in [0.5, 0.6) is 0 Å². The van der Waals surface area contributed by atoms with Crippen LogP contribution in [-0.4, -0.2) is 9.53 Å². The molecular formula is C2H4IOP3. The highest BCUT2D eigenvalue weighted by Gasteiger charge is 2.78. The van der Waals surface area contributed by atoms with Crippen LogP contribution in [0.1, 0.15) is 6.92 Å². The van der Waals surface area contributed by atoms with Gasteiger partial charge in [0.05, 0.1) is 11.1 Å². The fourth-order valence-corrected chi connectivity index (χ4v) is 30.5. The Kier molecular flexibility index (Phi) is 0.928. The van der Waals surface area contributed by atoms with Gasteiger partial charge in [0.1, 0.15) is 0 Å². The molecule has 1 nitrogen and oxygen atoms in total. The first-order valence-electron chi connectivity index (χ1n) is 1.94. The van der Waals surface area contributed by atoms with Gasteiger partial charge in [-0.05, 0) is 29.0 Å². The molecule has 0 amide bonds. The minimum Gasteiger partial charge on any atom is -0.365 e. The van der Waals surface area contributed by atoms with Gasteiger partial charge in [-0.1, -0.05) is 7.87 Å². The van der Waals surface area contributed by atoms with Crippen LogP contribution in [0.15, 0.2) is 0 Å². The predicted octanol–water partition coefficient (Wildman–Crippen LogP) is 3.22. The maximum Gasteiger partial charge on any atom is 0.0963 e. The van der Waals surface area contributed by atoms with E-state index in [1.54, 1.807) is 0 Å². The second-order valence-electron chi connectivity index (χ2n) is 1.90. The quantitative estimate of drug-likeness (QED) is 0.526. The fraction of sp³-hybridized carbons (Fsp3) is 1.00. The van der Waals surface area contributed by atoms with Crippen molar-refractivity contribution in [2.24, 2.45) is 0 Å². The van der Waals surface area contributed by atoms with Gasteiger partial charge in [-0.2, -0.15) is 0 Å². The molecule has 0 saturated carbocycles. The van der Waals surface area contributed by atoms with E-state index < -0.39 is 6.46 Å². The highest BCUT2D eigenvalue weighted by Crippen LogP contribution is 3.28. The van der Waals surface area contributed by atoms with E-state index in [-0.39, 0.29) is 5.25 Å². The van der Waals surface area contributed by atoms with Gasteiger partial charge in [-0.25, -0.2) is 0 Å². The summed E-state index contributed by atoms with van der Waals surface area (Å²) in [7, 11) is 1.40. The van der Waals surface area contributed by atoms with Crippen molar-refractivity contribution in [3.8, 4) is 0 Å². The monoisotopic (exact) mass is 264 g/mol. The van der Waals surface area contributed by atoms with E-state index in [1.807, 2.05) is 0 Å². The largest absolute Gasteiger partial charge is 0.365 e. The number of rotatable bonds is 0. The third-order valence-corrected chi connectivity index (χ3v) is 31.3. The van der Waals surface area contributed by atoms with Gasteiger partial charge >= 0.3 is 0 Å². The van der Waals surface area contributed by atoms with Gasteiger partial charge in [-0.3, -0.25) is 0 Å². The molecule has 0 aromatic carbocycles. The van der Waals surface area contributed by atoms with Crippen LogP contribution in [0.4, 0.5) is 0 Å². The number of hydrogen-bond acceptors (Lipinski definition) is 0. The lowest BCUT2D eigenvalue weighted by atomic mass is 10.9. The summed E-state index contributed by atoms with van der Waals surface area (Å²) in [5.74, 6) is 0. The Morgan fingerprint density at radius 2 is 2.29 bits per heavy atom. The molecule has 1 fully saturated rings. The van der Waals surface area contributed by atoms with Crippen molar-refractivity contribution in [1.29, 1.82) is 0 Å². The number of halogens is 1. The van der Waals surface area contributed by atoms with E-state index in [2.05, 4.69) is 29.0 Å². The van der Waals surface area contributed by atoms with Gasteiger partial charge in [0, 0.05) is 5.25 Å². The second-order valence-corrected chi connectivity index (χ2v) is 18.9. The van der Waals surface area contributed by atoms with Crippen molar-refractivity contribution in [3.63, 3.8) is 0 Å². The SMILES string of the molecule is CC12P=P1(O)P2I. The van der Waals surface area contributed by atoms with Crippen molar-refractivity contribution < 1.29 is 4.89 Å². The van der Waals surface area contributed by atoms with E-state index in [0.29, 0.717) is 4.64 Å². The van der Waals surface area contributed by atoms with E-state index >= 15 is 0 Å². The Bertz CT molecular complexity index is 189. The molecule has 2 heterocycles. The number of hydrogen-bond donors (Lipinski definition) is 1. The van der Waals surface area contributed by atoms with E-state index in [9.17, 15) is 4.89 Å². The van der Waals surface area contributed by atoms with E-state index in [4.69, 9.17) is 0 Å². The van der Waals surface area contributed by atoms with Crippen LogP contribution in [0.2, 0.25) is 0 Å². The summed E-state index contributed by atoms with van der Waals surface area (Å²) in [4.78, 5) is 9.35. The molecule has 3 atom stereocenters. The summed E-state index contributed by atoms with van der Waals surface area (Å²) in [5.41, 5.74) is 0. The molecule has 7 heavy (non-hydrogen) atoms. The highest BCUT2D eigenvalue weighted by atomic mass is 127. The van der Waals surface area contributed by atoms with Crippen LogP contribution in [0.3, 0.4) is 0 Å². The molecular weight excluding hydrogens is 260 g/mol. The smallest absolute Gasteiger partial charge is 0.0963 e. The lowest BCUT2D eigenvalue weighted by molar-refractivity contribution is 0.645. The van der Waals surface area contributed by atoms with Gasteiger partial charge in [0.2, 0.25) is 0 Å². The Balaban J connectivity index is 2.43. The molecule has 3 unspecified atom stereocenters. The molecule has 2 aliphatic heterocycles. The molecule has 2 rings (SSSR count). The zero-order valence-electron chi connectivity index (χ0n) is 3.67. The first-order chi connectivity index (χ1) is 3.11. The highest BCUT2D eigenvalue weighted by molar-refractivity contribution is 14.2. The third kappa shape index (κ3) is 0.435. The minimum absolute atomic E-state index is 0.126. The predicted molar refractivity (Wildman–Crippen MR) is 45.4 cm³/mol. The molecule has 0 aliphatic carbocycles. The van der Waals surface area contributed by atoms with Crippen molar-refractivity contribution >= 4 is 41.6 Å². The molecule has 5 heteroatoms. The standard InChI is InChI=1S/C2H4IOP3/c1-2-5-7(2,4)6(2)3/h4H,1H3. The third-order valence-electron chi connectivity index (χ3n) is 1.41. The first kappa shape index (κ1) is 5.62. The normalized spacial score (nSPS) is 76.1. The summed E-state index contributed by atoms with van der Waals surface area (Å²) in [6, 6.07) is 0. The van der Waals surface area contributed by atoms with Crippen molar-refractivity contribution in [2.45, 2.75) is 11.6 Å². The zero-order chi connectivity index (χ0) is 5.28. The van der Waals surface area contributed by atoms with Crippen LogP contribution >= 0.6 is 41.6 Å². The van der Waals surface area contributed by atoms with Crippen LogP contribution in [0, 0.1) is 0 Å². The van der Waals surface area contributed by atoms with Crippen molar-refractivity contribution in [3.05, 3.63) is 0 Å².